The van der Waals surface area contributed by atoms with Crippen LogP contribution >= 0.6 is 15.9 Å². The first-order valence-electron chi connectivity index (χ1n) is 5.97. The Balaban J connectivity index is 2.49. The summed E-state index contributed by atoms with van der Waals surface area (Å²) in [5.74, 6) is 0.631. The number of aromatic amines is 1. The third kappa shape index (κ3) is 2.88. The summed E-state index contributed by atoms with van der Waals surface area (Å²) < 4.78 is 1.02. The van der Waals surface area contributed by atoms with Crippen molar-refractivity contribution < 1.29 is 0 Å². The summed E-state index contributed by atoms with van der Waals surface area (Å²) in [7, 11) is 0. The Bertz CT molecular complexity index is 619. The zero-order valence-electron chi connectivity index (χ0n) is 10.5. The molecule has 0 fully saturated rings. The molecule has 2 aromatic rings. The number of benzene rings is 1. The molecule has 0 spiro atoms. The van der Waals surface area contributed by atoms with Crippen LogP contribution < -0.4 is 5.56 Å². The van der Waals surface area contributed by atoms with E-state index in [1.165, 1.54) is 0 Å². The van der Waals surface area contributed by atoms with Crippen LogP contribution in [-0.2, 0) is 6.42 Å². The molecule has 1 N–H and O–H groups in total. The average molecular weight is 307 g/mol. The molecule has 0 unspecified atom stereocenters. The monoisotopic (exact) mass is 306 g/mol. The molecule has 0 aliphatic heterocycles. The van der Waals surface area contributed by atoms with E-state index in [9.17, 15) is 4.79 Å². The summed E-state index contributed by atoms with van der Waals surface area (Å²) in [6.07, 6.45) is 1.80. The van der Waals surface area contributed by atoms with Crippen LogP contribution in [0.4, 0.5) is 0 Å². The van der Waals surface area contributed by atoms with Crippen molar-refractivity contribution in [1.82, 2.24) is 9.97 Å². The van der Waals surface area contributed by atoms with E-state index in [1.54, 1.807) is 6.07 Å². The molecule has 18 heavy (non-hydrogen) atoms. The first-order valence-corrected chi connectivity index (χ1v) is 6.76. The molecule has 0 aliphatic rings. The summed E-state index contributed by atoms with van der Waals surface area (Å²) in [6.45, 7) is 4.10. The van der Waals surface area contributed by atoms with Gasteiger partial charge in [0.2, 0.25) is 0 Å². The van der Waals surface area contributed by atoms with Crippen LogP contribution in [0.5, 0.6) is 0 Å². The summed E-state index contributed by atoms with van der Waals surface area (Å²) in [5, 5.41) is 0. The van der Waals surface area contributed by atoms with Crippen LogP contribution in [0.15, 0.2) is 33.5 Å². The molecular formula is C14H15BrN2O. The third-order valence-corrected chi connectivity index (χ3v) is 3.60. The van der Waals surface area contributed by atoms with Crippen LogP contribution in [0, 0.1) is 6.92 Å². The van der Waals surface area contributed by atoms with Crippen molar-refractivity contribution in [2.24, 2.45) is 0 Å². The van der Waals surface area contributed by atoms with Gasteiger partial charge in [-0.2, -0.15) is 0 Å². The minimum absolute atomic E-state index is 0.0971. The van der Waals surface area contributed by atoms with Crippen LogP contribution in [-0.4, -0.2) is 9.97 Å². The van der Waals surface area contributed by atoms with Crippen molar-refractivity contribution in [2.75, 3.05) is 0 Å². The Kier molecular flexibility index (Phi) is 3.97. The van der Waals surface area contributed by atoms with E-state index >= 15 is 0 Å². The fourth-order valence-corrected chi connectivity index (χ4v) is 2.15. The standard InChI is InChI=1S/C14H15BrN2O/c1-3-4-11-8-13(18)17-14(16-11)10-6-5-9(2)12(15)7-10/h5-8H,3-4H2,1-2H3,(H,16,17,18). The molecule has 0 amide bonds. The second kappa shape index (κ2) is 5.48. The SMILES string of the molecule is CCCc1cc(=O)[nH]c(-c2ccc(C)c(Br)c2)n1. The van der Waals surface area contributed by atoms with Gasteiger partial charge in [0.15, 0.2) is 0 Å². The Labute approximate surface area is 114 Å². The molecule has 3 nitrogen and oxygen atoms in total. The van der Waals surface area contributed by atoms with Gasteiger partial charge in [0.1, 0.15) is 5.82 Å². The van der Waals surface area contributed by atoms with Crippen LogP contribution in [0.2, 0.25) is 0 Å². The van der Waals surface area contributed by atoms with E-state index in [0.717, 1.165) is 34.1 Å². The average Bonchev–Trinajstić information content (AvgIpc) is 2.32. The fraction of sp³-hybridized carbons (Fsp3) is 0.286. The molecule has 2 rings (SSSR count). The van der Waals surface area contributed by atoms with Crippen molar-refractivity contribution in [3.05, 3.63) is 50.3 Å². The van der Waals surface area contributed by atoms with Gasteiger partial charge < -0.3 is 4.98 Å². The quantitative estimate of drug-likeness (QED) is 0.944. The normalized spacial score (nSPS) is 10.6. The fourth-order valence-electron chi connectivity index (χ4n) is 1.77. The Morgan fingerprint density at radius 1 is 1.33 bits per heavy atom. The molecule has 1 heterocycles. The highest BCUT2D eigenvalue weighted by molar-refractivity contribution is 9.10. The maximum absolute atomic E-state index is 11.6. The van der Waals surface area contributed by atoms with Crippen molar-refractivity contribution in [1.29, 1.82) is 0 Å². The molecule has 0 radical (unpaired) electrons. The predicted molar refractivity (Wildman–Crippen MR) is 76.7 cm³/mol. The maximum atomic E-state index is 11.6. The highest BCUT2D eigenvalue weighted by atomic mass is 79.9. The topological polar surface area (TPSA) is 45.8 Å². The lowest BCUT2D eigenvalue weighted by atomic mass is 10.1. The van der Waals surface area contributed by atoms with Gasteiger partial charge in [0, 0.05) is 21.8 Å². The zero-order chi connectivity index (χ0) is 13.1. The Morgan fingerprint density at radius 3 is 2.78 bits per heavy atom. The van der Waals surface area contributed by atoms with E-state index in [4.69, 9.17) is 0 Å². The highest BCUT2D eigenvalue weighted by Crippen LogP contribution is 2.22. The number of hydrogen-bond acceptors (Lipinski definition) is 2. The largest absolute Gasteiger partial charge is 0.307 e. The minimum atomic E-state index is -0.0971. The van der Waals surface area contributed by atoms with Gasteiger partial charge in [-0.3, -0.25) is 4.79 Å². The molecule has 0 saturated heterocycles. The van der Waals surface area contributed by atoms with Gasteiger partial charge in [-0.25, -0.2) is 4.98 Å². The van der Waals surface area contributed by atoms with Crippen LogP contribution in [0.25, 0.3) is 11.4 Å². The van der Waals surface area contributed by atoms with Gasteiger partial charge in [-0.05, 0) is 25.0 Å². The van der Waals surface area contributed by atoms with Crippen LogP contribution in [0.1, 0.15) is 24.6 Å². The van der Waals surface area contributed by atoms with Crippen LogP contribution in [0.3, 0.4) is 0 Å². The molecule has 0 bridgehead atoms. The highest BCUT2D eigenvalue weighted by Gasteiger charge is 2.05. The minimum Gasteiger partial charge on any atom is -0.307 e. The predicted octanol–water partition coefficient (Wildman–Crippen LogP) is 3.46. The maximum Gasteiger partial charge on any atom is 0.251 e. The number of H-pyrrole nitrogens is 1. The number of rotatable bonds is 3. The van der Waals surface area contributed by atoms with E-state index in [-0.39, 0.29) is 5.56 Å². The number of aromatic nitrogens is 2. The lowest BCUT2D eigenvalue weighted by molar-refractivity contribution is 0.870. The van der Waals surface area contributed by atoms with Crippen molar-refractivity contribution in [3.63, 3.8) is 0 Å². The lowest BCUT2D eigenvalue weighted by Gasteiger charge is -2.05. The zero-order valence-corrected chi connectivity index (χ0v) is 12.0. The molecule has 94 valence electrons. The molecule has 0 atom stereocenters. The number of aryl methyl sites for hydroxylation is 2. The first kappa shape index (κ1) is 13.0. The molecule has 0 saturated carbocycles. The summed E-state index contributed by atoms with van der Waals surface area (Å²) in [6, 6.07) is 7.51. The Hall–Kier alpha value is -1.42. The van der Waals surface area contributed by atoms with Crippen molar-refractivity contribution in [2.45, 2.75) is 26.7 Å². The number of halogens is 1. The Morgan fingerprint density at radius 2 is 2.11 bits per heavy atom. The van der Waals surface area contributed by atoms with Gasteiger partial charge in [-0.1, -0.05) is 41.4 Å². The second-order valence-corrected chi connectivity index (χ2v) is 5.15. The summed E-state index contributed by atoms with van der Waals surface area (Å²) >= 11 is 3.49. The molecule has 4 heteroatoms. The van der Waals surface area contributed by atoms with E-state index in [2.05, 4.69) is 32.8 Å². The van der Waals surface area contributed by atoms with Gasteiger partial charge in [0.05, 0.1) is 0 Å². The number of hydrogen-bond donors (Lipinski definition) is 1. The smallest absolute Gasteiger partial charge is 0.251 e. The molecule has 1 aromatic heterocycles. The van der Waals surface area contributed by atoms with Gasteiger partial charge in [-0.15, -0.1) is 0 Å². The number of nitrogens with one attached hydrogen (secondary N) is 1. The molecule has 0 aliphatic carbocycles. The third-order valence-electron chi connectivity index (χ3n) is 2.75. The van der Waals surface area contributed by atoms with E-state index in [1.807, 2.05) is 25.1 Å². The van der Waals surface area contributed by atoms with Gasteiger partial charge >= 0.3 is 0 Å². The van der Waals surface area contributed by atoms with Gasteiger partial charge in [0.25, 0.3) is 5.56 Å². The van der Waals surface area contributed by atoms with Crippen molar-refractivity contribution >= 4 is 15.9 Å². The first-order chi connectivity index (χ1) is 8.60. The van der Waals surface area contributed by atoms with E-state index < -0.39 is 0 Å². The second-order valence-electron chi connectivity index (χ2n) is 4.30. The molecule has 1 aromatic carbocycles. The lowest BCUT2D eigenvalue weighted by Crippen LogP contribution is -2.10. The van der Waals surface area contributed by atoms with Crippen molar-refractivity contribution in [3.8, 4) is 11.4 Å². The summed E-state index contributed by atoms with van der Waals surface area (Å²) in [4.78, 5) is 18.9. The van der Waals surface area contributed by atoms with E-state index in [0.29, 0.717) is 5.82 Å². The molecular weight excluding hydrogens is 292 g/mol. The number of nitrogens with zero attached hydrogens (tertiary/aromatic N) is 1. The summed E-state index contributed by atoms with van der Waals surface area (Å²) in [5.41, 5.74) is 2.82.